The van der Waals surface area contributed by atoms with Crippen molar-refractivity contribution in [3.05, 3.63) is 31.9 Å². The highest BCUT2D eigenvalue weighted by Crippen LogP contribution is 2.44. The van der Waals surface area contributed by atoms with Crippen molar-refractivity contribution in [1.29, 1.82) is 0 Å². The molecule has 2 aromatic rings. The van der Waals surface area contributed by atoms with Crippen molar-refractivity contribution < 1.29 is 27.5 Å². The molecule has 32 heavy (non-hydrogen) atoms. The molecule has 0 saturated carbocycles. The smallest absolute Gasteiger partial charge is 0.436 e. The van der Waals surface area contributed by atoms with E-state index in [1.165, 1.54) is 25.4 Å². The quantitative estimate of drug-likeness (QED) is 0.516. The number of rotatable bonds is 4. The van der Waals surface area contributed by atoms with Gasteiger partial charge in [-0.25, -0.2) is 4.79 Å². The van der Waals surface area contributed by atoms with Crippen LogP contribution in [0, 0.1) is 18.3 Å². The third-order valence-electron chi connectivity index (χ3n) is 5.83. The number of carbonyl (C=O) groups excluding carboxylic acids is 2. The van der Waals surface area contributed by atoms with Crippen LogP contribution < -0.4 is 5.32 Å². The lowest BCUT2D eigenvalue weighted by molar-refractivity contribution is -0.142. The van der Waals surface area contributed by atoms with Crippen molar-refractivity contribution in [3.63, 3.8) is 0 Å². The fraction of sp³-hybridized carbons (Fsp3) is 0.571. The fourth-order valence-corrected chi connectivity index (χ4v) is 5.73. The van der Waals surface area contributed by atoms with E-state index >= 15 is 0 Å². The Morgan fingerprint density at radius 2 is 1.97 bits per heavy atom. The Morgan fingerprint density at radius 3 is 2.50 bits per heavy atom. The fourth-order valence-electron chi connectivity index (χ4n) is 3.89. The second-order valence-electron chi connectivity index (χ2n) is 8.96. The van der Waals surface area contributed by atoms with Gasteiger partial charge in [0, 0.05) is 4.88 Å². The molecule has 1 aliphatic carbocycles. The maximum absolute atomic E-state index is 13.1. The zero-order chi connectivity index (χ0) is 24.0. The summed E-state index contributed by atoms with van der Waals surface area (Å²) in [6, 6.07) is 0. The summed E-state index contributed by atoms with van der Waals surface area (Å²) in [5.74, 6) is -0.676. The molecule has 1 aliphatic rings. The minimum atomic E-state index is -4.64. The number of esters is 1. The Bertz CT molecular complexity index is 1050. The van der Waals surface area contributed by atoms with E-state index in [1.54, 1.807) is 0 Å². The summed E-state index contributed by atoms with van der Waals surface area (Å²) in [6.45, 7) is 7.56. The van der Waals surface area contributed by atoms with Gasteiger partial charge < -0.3 is 10.1 Å². The SMILES string of the molecule is COC(=O)c1c(NC(=O)Cn2nc(C(F)(F)F)c(Br)c2C)sc2c1CC[C@@H](C(C)(C)C)C2. The van der Waals surface area contributed by atoms with E-state index < -0.39 is 30.3 Å². The first-order chi connectivity index (χ1) is 14.7. The third kappa shape index (κ3) is 4.88. The van der Waals surface area contributed by atoms with E-state index in [0.29, 0.717) is 22.9 Å². The highest BCUT2D eigenvalue weighted by molar-refractivity contribution is 9.10. The predicted octanol–water partition coefficient (Wildman–Crippen LogP) is 5.61. The molecule has 0 radical (unpaired) electrons. The number of amides is 1. The molecule has 0 aromatic carbocycles. The largest absolute Gasteiger partial charge is 0.465 e. The van der Waals surface area contributed by atoms with Crippen LogP contribution in [-0.2, 0) is 35.1 Å². The van der Waals surface area contributed by atoms with E-state index in [-0.39, 0.29) is 15.6 Å². The lowest BCUT2D eigenvalue weighted by Crippen LogP contribution is -2.26. The number of hydrogen-bond donors (Lipinski definition) is 1. The van der Waals surface area contributed by atoms with Crippen molar-refractivity contribution in [2.75, 3.05) is 12.4 Å². The molecule has 1 amide bonds. The third-order valence-corrected chi connectivity index (χ3v) is 7.95. The van der Waals surface area contributed by atoms with Crippen LogP contribution in [0.25, 0.3) is 0 Å². The Labute approximate surface area is 196 Å². The topological polar surface area (TPSA) is 73.2 Å². The first-order valence-electron chi connectivity index (χ1n) is 10.1. The maximum Gasteiger partial charge on any atom is 0.436 e. The van der Waals surface area contributed by atoms with E-state index in [9.17, 15) is 22.8 Å². The normalized spacial score (nSPS) is 16.6. The van der Waals surface area contributed by atoms with Gasteiger partial charge in [0.1, 0.15) is 11.5 Å². The Hall–Kier alpha value is -1.88. The van der Waals surface area contributed by atoms with Gasteiger partial charge in [-0.15, -0.1) is 11.3 Å². The molecule has 0 aliphatic heterocycles. The predicted molar refractivity (Wildman–Crippen MR) is 119 cm³/mol. The van der Waals surface area contributed by atoms with E-state index in [1.807, 2.05) is 0 Å². The molecule has 2 heterocycles. The number of thiophene rings is 1. The van der Waals surface area contributed by atoms with Gasteiger partial charge in [-0.05, 0) is 59.0 Å². The van der Waals surface area contributed by atoms with E-state index in [0.717, 1.165) is 28.0 Å². The first kappa shape index (κ1) is 24.8. The van der Waals surface area contributed by atoms with Crippen LogP contribution in [0.15, 0.2) is 4.47 Å². The molecule has 0 fully saturated rings. The van der Waals surface area contributed by atoms with Crippen molar-refractivity contribution in [1.82, 2.24) is 9.78 Å². The Balaban J connectivity index is 1.87. The molecule has 176 valence electrons. The van der Waals surface area contributed by atoms with Crippen molar-refractivity contribution in [2.45, 2.75) is 59.7 Å². The first-order valence-corrected chi connectivity index (χ1v) is 11.7. The standard InChI is InChI=1S/C21H25BrF3N3O3S/c1-10-16(22)17(21(23,24)25)27-28(10)9-14(29)26-18-15(19(30)31-5)12-7-6-11(20(2,3)4)8-13(12)32-18/h11H,6-9H2,1-5H3,(H,26,29)/t11-/m1/s1. The van der Waals surface area contributed by atoms with Gasteiger partial charge in [0.15, 0.2) is 5.69 Å². The number of alkyl halides is 3. The van der Waals surface area contributed by atoms with Gasteiger partial charge in [-0.2, -0.15) is 18.3 Å². The molecule has 3 rings (SSSR count). The molecule has 11 heteroatoms. The number of nitrogens with one attached hydrogen (secondary N) is 1. The molecule has 0 bridgehead atoms. The highest BCUT2D eigenvalue weighted by atomic mass is 79.9. The summed E-state index contributed by atoms with van der Waals surface area (Å²) < 4.78 is 45.0. The molecule has 0 saturated heterocycles. The molecule has 1 N–H and O–H groups in total. The lowest BCUT2D eigenvalue weighted by atomic mass is 9.72. The molecule has 2 aromatic heterocycles. The highest BCUT2D eigenvalue weighted by Gasteiger charge is 2.38. The molecular weight excluding hydrogens is 511 g/mol. The number of fused-ring (bicyclic) bond motifs is 1. The zero-order valence-corrected chi connectivity index (χ0v) is 20.8. The average molecular weight is 536 g/mol. The summed E-state index contributed by atoms with van der Waals surface area (Å²) in [7, 11) is 1.28. The van der Waals surface area contributed by atoms with Crippen LogP contribution in [0.4, 0.5) is 18.2 Å². The van der Waals surface area contributed by atoms with Crippen LogP contribution in [0.1, 0.15) is 59.4 Å². The minimum Gasteiger partial charge on any atom is -0.465 e. The molecule has 0 spiro atoms. The van der Waals surface area contributed by atoms with Crippen LogP contribution >= 0.6 is 27.3 Å². The average Bonchev–Trinajstić information content (AvgIpc) is 3.17. The van der Waals surface area contributed by atoms with Crippen molar-refractivity contribution in [2.24, 2.45) is 11.3 Å². The number of carbonyl (C=O) groups is 2. The van der Waals surface area contributed by atoms with Gasteiger partial charge in [-0.3, -0.25) is 9.48 Å². The molecule has 6 nitrogen and oxygen atoms in total. The lowest BCUT2D eigenvalue weighted by Gasteiger charge is -2.33. The van der Waals surface area contributed by atoms with Crippen LogP contribution in [0.2, 0.25) is 0 Å². The number of halogens is 4. The summed E-state index contributed by atoms with van der Waals surface area (Å²) >= 11 is 4.23. The molecular formula is C21H25BrF3N3O3S. The van der Waals surface area contributed by atoms with Gasteiger partial charge in [0.2, 0.25) is 5.91 Å². The summed E-state index contributed by atoms with van der Waals surface area (Å²) in [5.41, 5.74) is 0.423. The van der Waals surface area contributed by atoms with E-state index in [2.05, 4.69) is 47.1 Å². The van der Waals surface area contributed by atoms with Crippen molar-refractivity contribution >= 4 is 44.1 Å². The Kier molecular flexibility index (Phi) is 6.82. The van der Waals surface area contributed by atoms with Gasteiger partial charge in [0.05, 0.1) is 22.8 Å². The van der Waals surface area contributed by atoms with Crippen molar-refractivity contribution in [3.8, 4) is 0 Å². The van der Waals surface area contributed by atoms with Crippen LogP contribution in [0.5, 0.6) is 0 Å². The number of aromatic nitrogens is 2. The summed E-state index contributed by atoms with van der Waals surface area (Å²) in [4.78, 5) is 26.2. The van der Waals surface area contributed by atoms with Gasteiger partial charge in [-0.1, -0.05) is 20.8 Å². The molecule has 0 unspecified atom stereocenters. The Morgan fingerprint density at radius 1 is 1.31 bits per heavy atom. The van der Waals surface area contributed by atoms with Gasteiger partial charge >= 0.3 is 12.1 Å². The minimum absolute atomic E-state index is 0.109. The number of hydrogen-bond acceptors (Lipinski definition) is 5. The maximum atomic E-state index is 13.1. The monoisotopic (exact) mass is 535 g/mol. The molecule has 1 atom stereocenters. The zero-order valence-electron chi connectivity index (χ0n) is 18.4. The summed E-state index contributed by atoms with van der Waals surface area (Å²) in [5, 5.41) is 6.60. The second kappa shape index (κ2) is 8.81. The van der Waals surface area contributed by atoms with Gasteiger partial charge in [0.25, 0.3) is 0 Å². The number of ether oxygens (including phenoxy) is 1. The second-order valence-corrected chi connectivity index (χ2v) is 10.9. The van der Waals surface area contributed by atoms with E-state index in [4.69, 9.17) is 4.74 Å². The number of nitrogens with zero attached hydrogens (tertiary/aromatic N) is 2. The number of methoxy groups -OCH3 is 1. The summed E-state index contributed by atoms with van der Waals surface area (Å²) in [6.07, 6.45) is -2.22. The van der Waals surface area contributed by atoms with Crippen LogP contribution in [0.3, 0.4) is 0 Å². The van der Waals surface area contributed by atoms with Crippen LogP contribution in [-0.4, -0.2) is 28.8 Å². The number of anilines is 1.